The van der Waals surface area contributed by atoms with Crippen LogP contribution in [0.5, 0.6) is 0 Å². The zero-order chi connectivity index (χ0) is 21.0. The van der Waals surface area contributed by atoms with Crippen molar-refractivity contribution < 1.29 is 13.2 Å². The second-order valence-corrected chi connectivity index (χ2v) is 9.84. The minimum Gasteiger partial charge on any atom is -0.321 e. The smallest absolute Gasteiger partial charge is 0.265 e. The number of anilines is 1. The Morgan fingerprint density at radius 3 is 2.43 bits per heavy atom. The zero-order valence-corrected chi connectivity index (χ0v) is 17.5. The van der Waals surface area contributed by atoms with Crippen molar-refractivity contribution in [2.75, 3.05) is 5.32 Å². The maximum atomic E-state index is 12.8. The molecule has 2 heterocycles. The number of aromatic nitrogens is 1. The number of thiophene rings is 1. The molecule has 5 nitrogen and oxygen atoms in total. The topological polar surface area (TPSA) is 76.1 Å². The molecule has 4 rings (SSSR count). The fourth-order valence-electron chi connectivity index (χ4n) is 3.01. The monoisotopic (exact) mass is 434 g/mol. The molecule has 0 atom stereocenters. The minimum atomic E-state index is -3.64. The Hall–Kier alpha value is -3.29. The van der Waals surface area contributed by atoms with Gasteiger partial charge in [0, 0.05) is 24.5 Å². The summed E-state index contributed by atoms with van der Waals surface area (Å²) in [5.41, 5.74) is 2.67. The predicted molar refractivity (Wildman–Crippen MR) is 118 cm³/mol. The van der Waals surface area contributed by atoms with Crippen molar-refractivity contribution >= 4 is 32.8 Å². The van der Waals surface area contributed by atoms with E-state index >= 15 is 0 Å². The summed E-state index contributed by atoms with van der Waals surface area (Å²) in [4.78, 5) is 17.5. The summed E-state index contributed by atoms with van der Waals surface area (Å²) in [6.07, 6.45) is 4.13. The molecule has 0 bridgehead atoms. The third kappa shape index (κ3) is 4.32. The lowest BCUT2D eigenvalue weighted by Gasteiger charge is -2.10. The van der Waals surface area contributed by atoms with Crippen LogP contribution in [0.4, 0.5) is 5.69 Å². The van der Waals surface area contributed by atoms with E-state index in [1.807, 2.05) is 36.4 Å². The summed E-state index contributed by atoms with van der Waals surface area (Å²) in [6.45, 7) is 0. The third-order valence-corrected chi connectivity index (χ3v) is 7.85. The summed E-state index contributed by atoms with van der Waals surface area (Å²) in [6, 6.07) is 22.6. The first-order chi connectivity index (χ1) is 14.5. The largest absolute Gasteiger partial charge is 0.321 e. The Balaban J connectivity index is 1.55. The highest BCUT2D eigenvalue weighted by Crippen LogP contribution is 2.28. The summed E-state index contributed by atoms with van der Waals surface area (Å²) in [5, 5.41) is 2.91. The fraction of sp³-hybridized carbons (Fsp3) is 0.0435. The van der Waals surface area contributed by atoms with Gasteiger partial charge >= 0.3 is 0 Å². The molecule has 1 N–H and O–H groups in total. The van der Waals surface area contributed by atoms with Gasteiger partial charge in [0.2, 0.25) is 9.84 Å². The predicted octanol–water partition coefficient (Wildman–Crippen LogP) is 4.82. The summed E-state index contributed by atoms with van der Waals surface area (Å²) < 4.78 is 25.7. The Morgan fingerprint density at radius 2 is 1.67 bits per heavy atom. The van der Waals surface area contributed by atoms with Crippen LogP contribution in [0, 0.1) is 0 Å². The molecule has 30 heavy (non-hydrogen) atoms. The summed E-state index contributed by atoms with van der Waals surface area (Å²) in [7, 11) is -3.64. The van der Waals surface area contributed by atoms with E-state index in [4.69, 9.17) is 0 Å². The van der Waals surface area contributed by atoms with Crippen LogP contribution in [0.3, 0.4) is 0 Å². The summed E-state index contributed by atoms with van der Waals surface area (Å²) >= 11 is 0.962. The molecule has 0 fully saturated rings. The molecule has 150 valence electrons. The van der Waals surface area contributed by atoms with E-state index in [0.717, 1.165) is 22.5 Å². The second-order valence-electron chi connectivity index (χ2n) is 6.58. The van der Waals surface area contributed by atoms with Crippen LogP contribution in [-0.2, 0) is 16.3 Å². The molecule has 2 aromatic carbocycles. The Bertz CT molecular complexity index is 1270. The number of benzene rings is 2. The van der Waals surface area contributed by atoms with Crippen molar-refractivity contribution in [1.29, 1.82) is 0 Å². The molecule has 0 spiro atoms. The van der Waals surface area contributed by atoms with Gasteiger partial charge in [-0.05, 0) is 47.5 Å². The maximum Gasteiger partial charge on any atom is 0.265 e. The Labute approximate surface area is 179 Å². The molecule has 4 aromatic rings. The highest BCUT2D eigenvalue weighted by Gasteiger charge is 2.21. The first-order valence-corrected chi connectivity index (χ1v) is 11.5. The SMILES string of the molecule is O=C(Nc1ccccc1Cc1cccnc1)c1ccc(S(=O)(=O)c2ccccc2)s1. The number of rotatable bonds is 6. The van der Waals surface area contributed by atoms with E-state index in [1.54, 1.807) is 48.8 Å². The van der Waals surface area contributed by atoms with E-state index in [0.29, 0.717) is 17.0 Å². The Morgan fingerprint density at radius 1 is 0.900 bits per heavy atom. The quantitative estimate of drug-likeness (QED) is 0.472. The molecule has 0 unspecified atom stereocenters. The van der Waals surface area contributed by atoms with Crippen LogP contribution in [0.2, 0.25) is 0 Å². The van der Waals surface area contributed by atoms with Crippen molar-refractivity contribution in [3.8, 4) is 0 Å². The van der Waals surface area contributed by atoms with Gasteiger partial charge < -0.3 is 5.32 Å². The van der Waals surface area contributed by atoms with Crippen molar-refractivity contribution in [2.45, 2.75) is 15.5 Å². The average Bonchev–Trinajstić information content (AvgIpc) is 3.28. The van der Waals surface area contributed by atoms with Crippen molar-refractivity contribution in [3.63, 3.8) is 0 Å². The molecule has 0 saturated heterocycles. The molecule has 2 aromatic heterocycles. The number of carbonyl (C=O) groups is 1. The number of hydrogen-bond acceptors (Lipinski definition) is 5. The molecular formula is C23H18N2O3S2. The number of para-hydroxylation sites is 1. The molecule has 1 amide bonds. The van der Waals surface area contributed by atoms with E-state index in [9.17, 15) is 13.2 Å². The van der Waals surface area contributed by atoms with Gasteiger partial charge in [-0.25, -0.2) is 8.42 Å². The van der Waals surface area contributed by atoms with Gasteiger partial charge in [-0.3, -0.25) is 9.78 Å². The number of nitrogens with one attached hydrogen (secondary N) is 1. The number of amides is 1. The van der Waals surface area contributed by atoms with Gasteiger partial charge in [-0.15, -0.1) is 11.3 Å². The third-order valence-electron chi connectivity index (χ3n) is 4.51. The molecule has 0 aliphatic carbocycles. The number of nitrogens with zero attached hydrogens (tertiary/aromatic N) is 1. The van der Waals surface area contributed by atoms with E-state index in [2.05, 4.69) is 10.3 Å². The summed E-state index contributed by atoms with van der Waals surface area (Å²) in [5.74, 6) is -0.340. The first kappa shape index (κ1) is 20.0. The fourth-order valence-corrected chi connectivity index (χ4v) is 5.63. The minimum absolute atomic E-state index is 0.141. The van der Waals surface area contributed by atoms with Gasteiger partial charge in [0.05, 0.1) is 9.77 Å². The van der Waals surface area contributed by atoms with Crippen molar-refractivity contribution in [2.24, 2.45) is 0 Å². The lowest BCUT2D eigenvalue weighted by atomic mass is 10.0. The van der Waals surface area contributed by atoms with Crippen LogP contribution >= 0.6 is 11.3 Å². The van der Waals surface area contributed by atoms with Crippen LogP contribution in [0.1, 0.15) is 20.8 Å². The number of carbonyl (C=O) groups excluding carboxylic acids is 1. The van der Waals surface area contributed by atoms with E-state index in [1.165, 1.54) is 6.07 Å². The standard InChI is InChI=1S/C23H18N2O3S2/c26-23(21-12-13-22(29-21)30(27,28)19-9-2-1-3-10-19)25-20-11-5-4-8-18(20)15-17-7-6-14-24-16-17/h1-14,16H,15H2,(H,25,26). The van der Waals surface area contributed by atoms with E-state index in [-0.39, 0.29) is 15.0 Å². The van der Waals surface area contributed by atoms with Gasteiger partial charge in [0.25, 0.3) is 5.91 Å². The van der Waals surface area contributed by atoms with Crippen LogP contribution < -0.4 is 5.32 Å². The van der Waals surface area contributed by atoms with Crippen LogP contribution in [0.25, 0.3) is 0 Å². The number of hydrogen-bond donors (Lipinski definition) is 1. The van der Waals surface area contributed by atoms with Crippen molar-refractivity contribution in [3.05, 3.63) is 107 Å². The molecule has 0 radical (unpaired) electrons. The van der Waals surface area contributed by atoms with Crippen molar-refractivity contribution in [1.82, 2.24) is 4.98 Å². The zero-order valence-electron chi connectivity index (χ0n) is 15.9. The molecular weight excluding hydrogens is 416 g/mol. The van der Waals surface area contributed by atoms with Gasteiger partial charge in [0.15, 0.2) is 0 Å². The lowest BCUT2D eigenvalue weighted by Crippen LogP contribution is -2.12. The van der Waals surface area contributed by atoms with Crippen LogP contribution in [-0.4, -0.2) is 19.3 Å². The first-order valence-electron chi connectivity index (χ1n) is 9.22. The molecule has 7 heteroatoms. The highest BCUT2D eigenvalue weighted by molar-refractivity contribution is 7.93. The number of sulfone groups is 1. The van der Waals surface area contributed by atoms with Gasteiger partial charge in [-0.1, -0.05) is 42.5 Å². The Kier molecular flexibility index (Phi) is 5.74. The van der Waals surface area contributed by atoms with E-state index < -0.39 is 9.84 Å². The molecule has 0 saturated carbocycles. The normalized spacial score (nSPS) is 11.2. The maximum absolute atomic E-state index is 12.8. The molecule has 0 aliphatic rings. The van der Waals surface area contributed by atoms with Crippen LogP contribution in [0.15, 0.2) is 100 Å². The molecule has 0 aliphatic heterocycles. The highest BCUT2D eigenvalue weighted by atomic mass is 32.2. The van der Waals surface area contributed by atoms with Gasteiger partial charge in [-0.2, -0.15) is 0 Å². The lowest BCUT2D eigenvalue weighted by molar-refractivity contribution is 0.103. The van der Waals surface area contributed by atoms with Gasteiger partial charge in [0.1, 0.15) is 4.21 Å². The second kappa shape index (κ2) is 8.61. The number of pyridine rings is 1. The average molecular weight is 435 g/mol.